The van der Waals surface area contributed by atoms with E-state index in [0.29, 0.717) is 6.54 Å². The topological polar surface area (TPSA) is 23.6 Å². The van der Waals surface area contributed by atoms with E-state index < -0.39 is 0 Å². The van der Waals surface area contributed by atoms with Crippen molar-refractivity contribution < 1.29 is 4.79 Å². The summed E-state index contributed by atoms with van der Waals surface area (Å²) in [6.45, 7) is 6.47. The standard InChI is InChI=1S/C15H23ClN2O/c1-11(2)18(5)15(19)10-17(4)12(3)13-8-6-7-9-14(13)16/h6-9,11-12H,10H2,1-5H3. The summed E-state index contributed by atoms with van der Waals surface area (Å²) in [4.78, 5) is 15.8. The van der Waals surface area contributed by atoms with Gasteiger partial charge in [-0.3, -0.25) is 9.69 Å². The lowest BCUT2D eigenvalue weighted by Crippen LogP contribution is -2.40. The van der Waals surface area contributed by atoms with Crippen LogP contribution in [0.5, 0.6) is 0 Å². The molecule has 0 bridgehead atoms. The van der Waals surface area contributed by atoms with Gasteiger partial charge in [0, 0.05) is 24.2 Å². The van der Waals surface area contributed by atoms with E-state index in [1.165, 1.54) is 0 Å². The van der Waals surface area contributed by atoms with Crippen LogP contribution in [0.15, 0.2) is 24.3 Å². The van der Waals surface area contributed by atoms with Crippen LogP contribution in [0.3, 0.4) is 0 Å². The number of carbonyl (C=O) groups excluding carboxylic acids is 1. The molecule has 0 aliphatic carbocycles. The Morgan fingerprint density at radius 1 is 1.21 bits per heavy atom. The van der Waals surface area contributed by atoms with Gasteiger partial charge in [-0.05, 0) is 39.4 Å². The molecule has 0 heterocycles. The molecule has 1 aromatic carbocycles. The highest BCUT2D eigenvalue weighted by molar-refractivity contribution is 6.31. The quantitative estimate of drug-likeness (QED) is 0.828. The van der Waals surface area contributed by atoms with E-state index in [2.05, 4.69) is 6.92 Å². The molecule has 0 N–H and O–H groups in total. The van der Waals surface area contributed by atoms with E-state index in [0.717, 1.165) is 10.6 Å². The molecule has 1 unspecified atom stereocenters. The first-order valence-corrected chi connectivity index (χ1v) is 6.92. The van der Waals surface area contributed by atoms with Gasteiger partial charge < -0.3 is 4.90 Å². The number of likely N-dealkylation sites (N-methyl/N-ethyl adjacent to an activating group) is 2. The smallest absolute Gasteiger partial charge is 0.236 e. The Balaban J connectivity index is 2.71. The van der Waals surface area contributed by atoms with Crippen molar-refractivity contribution in [1.82, 2.24) is 9.80 Å². The Morgan fingerprint density at radius 2 is 1.79 bits per heavy atom. The molecule has 1 aromatic rings. The summed E-state index contributed by atoms with van der Waals surface area (Å²) in [6, 6.07) is 8.09. The molecule has 19 heavy (non-hydrogen) atoms. The highest BCUT2D eigenvalue weighted by Gasteiger charge is 2.19. The van der Waals surface area contributed by atoms with Crippen LogP contribution in [0.2, 0.25) is 5.02 Å². The van der Waals surface area contributed by atoms with Crippen LogP contribution in [0, 0.1) is 0 Å². The molecule has 0 aliphatic rings. The third-order valence-electron chi connectivity index (χ3n) is 3.57. The van der Waals surface area contributed by atoms with Crippen molar-refractivity contribution in [1.29, 1.82) is 0 Å². The Kier molecular flexibility index (Phi) is 5.83. The van der Waals surface area contributed by atoms with Gasteiger partial charge in [-0.25, -0.2) is 0 Å². The van der Waals surface area contributed by atoms with Crippen LogP contribution in [-0.2, 0) is 4.79 Å². The molecule has 3 nitrogen and oxygen atoms in total. The minimum absolute atomic E-state index is 0.109. The average Bonchev–Trinajstić information content (AvgIpc) is 2.37. The molecule has 1 atom stereocenters. The number of rotatable bonds is 5. The summed E-state index contributed by atoms with van der Waals surface area (Å²) in [5.74, 6) is 0.122. The molecule has 0 aromatic heterocycles. The Bertz CT molecular complexity index is 434. The van der Waals surface area contributed by atoms with Gasteiger partial charge in [0.2, 0.25) is 5.91 Å². The fraction of sp³-hybridized carbons (Fsp3) is 0.533. The lowest BCUT2D eigenvalue weighted by atomic mass is 10.1. The predicted octanol–water partition coefficient (Wildman–Crippen LogP) is 3.20. The second kappa shape index (κ2) is 6.92. The van der Waals surface area contributed by atoms with Gasteiger partial charge in [-0.2, -0.15) is 0 Å². The van der Waals surface area contributed by atoms with Crippen molar-refractivity contribution in [3.05, 3.63) is 34.9 Å². The second-order valence-corrected chi connectivity index (χ2v) is 5.62. The van der Waals surface area contributed by atoms with Gasteiger partial charge in [0.15, 0.2) is 0 Å². The van der Waals surface area contributed by atoms with Crippen molar-refractivity contribution in [2.24, 2.45) is 0 Å². The number of hydrogen-bond donors (Lipinski definition) is 0. The zero-order valence-electron chi connectivity index (χ0n) is 12.4. The van der Waals surface area contributed by atoms with Gasteiger partial charge in [-0.15, -0.1) is 0 Å². The molecule has 0 saturated heterocycles. The zero-order valence-corrected chi connectivity index (χ0v) is 13.1. The fourth-order valence-electron chi connectivity index (χ4n) is 1.80. The maximum absolute atomic E-state index is 12.1. The third-order valence-corrected chi connectivity index (χ3v) is 3.91. The largest absolute Gasteiger partial charge is 0.342 e. The predicted molar refractivity (Wildman–Crippen MR) is 80.4 cm³/mol. The summed E-state index contributed by atoms with van der Waals surface area (Å²) in [5, 5.41) is 0.742. The second-order valence-electron chi connectivity index (χ2n) is 5.21. The molecule has 0 aliphatic heterocycles. The summed E-state index contributed by atoms with van der Waals surface area (Å²) in [7, 11) is 3.78. The van der Waals surface area contributed by atoms with Crippen molar-refractivity contribution in [2.45, 2.75) is 32.9 Å². The first-order valence-electron chi connectivity index (χ1n) is 6.55. The van der Waals surface area contributed by atoms with Crippen LogP contribution in [0.1, 0.15) is 32.4 Å². The SMILES string of the molecule is CC(c1ccccc1Cl)N(C)CC(=O)N(C)C(C)C. The first kappa shape index (κ1) is 16.0. The minimum atomic E-state index is 0.109. The van der Waals surface area contributed by atoms with Crippen molar-refractivity contribution >= 4 is 17.5 Å². The minimum Gasteiger partial charge on any atom is -0.342 e. The van der Waals surface area contributed by atoms with Crippen LogP contribution in [0.4, 0.5) is 0 Å². The molecule has 1 amide bonds. The normalized spacial score (nSPS) is 12.8. The molecule has 4 heteroatoms. The van der Waals surface area contributed by atoms with Crippen molar-refractivity contribution in [3.63, 3.8) is 0 Å². The number of carbonyl (C=O) groups is 1. The molecule has 1 rings (SSSR count). The summed E-state index contributed by atoms with van der Waals surface area (Å²) >= 11 is 6.19. The van der Waals surface area contributed by atoms with Crippen molar-refractivity contribution in [2.75, 3.05) is 20.6 Å². The van der Waals surface area contributed by atoms with Crippen LogP contribution in [-0.4, -0.2) is 42.4 Å². The van der Waals surface area contributed by atoms with Gasteiger partial charge in [-0.1, -0.05) is 29.8 Å². The number of amides is 1. The Labute approximate surface area is 121 Å². The number of halogens is 1. The van der Waals surface area contributed by atoms with Crippen LogP contribution in [0.25, 0.3) is 0 Å². The molecular formula is C15H23ClN2O. The zero-order chi connectivity index (χ0) is 14.6. The molecule has 106 valence electrons. The summed E-state index contributed by atoms with van der Waals surface area (Å²) < 4.78 is 0. The van der Waals surface area contributed by atoms with E-state index in [-0.39, 0.29) is 18.0 Å². The number of benzene rings is 1. The van der Waals surface area contributed by atoms with Crippen LogP contribution < -0.4 is 0 Å². The number of hydrogen-bond acceptors (Lipinski definition) is 2. The van der Waals surface area contributed by atoms with Gasteiger partial charge in [0.1, 0.15) is 0 Å². The molecule has 0 radical (unpaired) electrons. The highest BCUT2D eigenvalue weighted by atomic mass is 35.5. The van der Waals surface area contributed by atoms with E-state index in [1.54, 1.807) is 4.90 Å². The van der Waals surface area contributed by atoms with E-state index in [1.807, 2.05) is 57.1 Å². The molecule has 0 saturated carbocycles. The van der Waals surface area contributed by atoms with E-state index in [9.17, 15) is 4.79 Å². The summed E-state index contributed by atoms with van der Waals surface area (Å²) in [5.41, 5.74) is 1.05. The lowest BCUT2D eigenvalue weighted by molar-refractivity contribution is -0.132. The van der Waals surface area contributed by atoms with Crippen molar-refractivity contribution in [3.8, 4) is 0 Å². The third kappa shape index (κ3) is 4.22. The maximum atomic E-state index is 12.1. The first-order chi connectivity index (χ1) is 8.84. The fourth-order valence-corrected chi connectivity index (χ4v) is 2.09. The Morgan fingerprint density at radius 3 is 2.32 bits per heavy atom. The maximum Gasteiger partial charge on any atom is 0.236 e. The van der Waals surface area contributed by atoms with Gasteiger partial charge >= 0.3 is 0 Å². The molecule has 0 spiro atoms. The average molecular weight is 283 g/mol. The van der Waals surface area contributed by atoms with E-state index in [4.69, 9.17) is 11.6 Å². The van der Waals surface area contributed by atoms with Gasteiger partial charge in [0.25, 0.3) is 0 Å². The molecular weight excluding hydrogens is 260 g/mol. The van der Waals surface area contributed by atoms with E-state index >= 15 is 0 Å². The lowest BCUT2D eigenvalue weighted by Gasteiger charge is -2.29. The van der Waals surface area contributed by atoms with Gasteiger partial charge in [0.05, 0.1) is 6.54 Å². The molecule has 0 fully saturated rings. The Hall–Kier alpha value is -1.06. The monoisotopic (exact) mass is 282 g/mol. The number of nitrogens with zero attached hydrogens (tertiary/aromatic N) is 2. The highest BCUT2D eigenvalue weighted by Crippen LogP contribution is 2.25. The summed E-state index contributed by atoms with van der Waals surface area (Å²) in [6.07, 6.45) is 0. The van der Waals surface area contributed by atoms with Crippen LogP contribution >= 0.6 is 11.6 Å².